The van der Waals surface area contributed by atoms with Crippen LogP contribution in [0.15, 0.2) is 54.6 Å². The van der Waals surface area contributed by atoms with Crippen molar-refractivity contribution in [2.24, 2.45) is 0 Å². The van der Waals surface area contributed by atoms with E-state index >= 15 is 0 Å². The van der Waals surface area contributed by atoms with Crippen molar-refractivity contribution in [2.75, 3.05) is 0 Å². The monoisotopic (exact) mass is 306 g/mol. The Kier molecular flexibility index (Phi) is 4.65. The normalized spacial score (nSPS) is 11.6. The minimum Gasteiger partial charge on any atom is -0.406 e. The van der Waals surface area contributed by atoms with E-state index < -0.39 is 6.36 Å². The largest absolute Gasteiger partial charge is 0.573 e. The zero-order valence-corrected chi connectivity index (χ0v) is 11.7. The molecule has 0 aromatic heterocycles. The molecule has 114 valence electrons. The van der Waals surface area contributed by atoms with E-state index in [1.165, 1.54) is 30.3 Å². The Bertz CT molecular complexity index is 669. The summed E-state index contributed by atoms with van der Waals surface area (Å²) in [5.74, 6) is -0.467. The van der Waals surface area contributed by atoms with Crippen LogP contribution in [0.25, 0.3) is 6.08 Å². The average Bonchev–Trinajstić information content (AvgIpc) is 2.45. The lowest BCUT2D eigenvalue weighted by Crippen LogP contribution is -2.16. The van der Waals surface area contributed by atoms with E-state index in [4.69, 9.17) is 0 Å². The molecule has 5 heteroatoms. The van der Waals surface area contributed by atoms with Crippen LogP contribution in [-0.2, 0) is 0 Å². The third-order valence-corrected chi connectivity index (χ3v) is 2.88. The molecule has 0 aliphatic rings. The van der Waals surface area contributed by atoms with E-state index in [0.717, 1.165) is 5.56 Å². The van der Waals surface area contributed by atoms with Crippen LogP contribution < -0.4 is 4.74 Å². The Balaban J connectivity index is 2.04. The number of ketones is 1. The van der Waals surface area contributed by atoms with E-state index in [0.29, 0.717) is 11.1 Å². The van der Waals surface area contributed by atoms with Gasteiger partial charge >= 0.3 is 6.36 Å². The molecule has 0 saturated carbocycles. The highest BCUT2D eigenvalue weighted by Gasteiger charge is 2.30. The molecule has 0 N–H and O–H groups in total. The summed E-state index contributed by atoms with van der Waals surface area (Å²) >= 11 is 0. The molecule has 22 heavy (non-hydrogen) atoms. The van der Waals surface area contributed by atoms with E-state index in [1.54, 1.807) is 18.2 Å². The number of benzene rings is 2. The van der Waals surface area contributed by atoms with Crippen LogP contribution >= 0.6 is 0 Å². The third-order valence-electron chi connectivity index (χ3n) is 2.88. The maximum absolute atomic E-state index is 12.0. The first-order chi connectivity index (χ1) is 10.3. The second kappa shape index (κ2) is 6.47. The number of allylic oxidation sites excluding steroid dienone is 1. The van der Waals surface area contributed by atoms with E-state index in [2.05, 4.69) is 4.74 Å². The first-order valence-corrected chi connectivity index (χ1v) is 6.48. The van der Waals surface area contributed by atoms with E-state index in [9.17, 15) is 18.0 Å². The molecule has 0 unspecified atom stereocenters. The number of rotatable bonds is 4. The van der Waals surface area contributed by atoms with Gasteiger partial charge in [-0.15, -0.1) is 13.2 Å². The molecule has 0 spiro atoms. The molecular weight excluding hydrogens is 293 g/mol. The van der Waals surface area contributed by atoms with Gasteiger partial charge < -0.3 is 4.74 Å². The standard InChI is InChI=1S/C17H13F3O2/c1-12-2-7-14(8-3-12)16(21)11-6-13-4-9-15(10-5-13)22-17(18,19)20/h2-11H,1H3/b11-6+. The van der Waals surface area contributed by atoms with E-state index in [-0.39, 0.29) is 11.5 Å². The van der Waals surface area contributed by atoms with Gasteiger partial charge in [-0.05, 0) is 30.7 Å². The quantitative estimate of drug-likeness (QED) is 0.599. The smallest absolute Gasteiger partial charge is 0.406 e. The summed E-state index contributed by atoms with van der Waals surface area (Å²) in [6, 6.07) is 12.4. The molecule has 0 heterocycles. The molecule has 0 saturated heterocycles. The summed E-state index contributed by atoms with van der Waals surface area (Å²) < 4.78 is 39.9. The molecule has 0 atom stereocenters. The van der Waals surface area contributed by atoms with Gasteiger partial charge in [-0.25, -0.2) is 0 Å². The fraction of sp³-hybridized carbons (Fsp3) is 0.118. The van der Waals surface area contributed by atoms with E-state index in [1.807, 2.05) is 19.1 Å². The van der Waals surface area contributed by atoms with Gasteiger partial charge in [0.05, 0.1) is 0 Å². The van der Waals surface area contributed by atoms with Crippen LogP contribution in [0, 0.1) is 6.92 Å². The number of hydrogen-bond acceptors (Lipinski definition) is 2. The first kappa shape index (κ1) is 15.8. The predicted octanol–water partition coefficient (Wildman–Crippen LogP) is 4.79. The van der Waals surface area contributed by atoms with Crippen LogP contribution in [0.3, 0.4) is 0 Å². The van der Waals surface area contributed by atoms with Gasteiger partial charge in [0.2, 0.25) is 0 Å². The van der Waals surface area contributed by atoms with Gasteiger partial charge in [0.15, 0.2) is 5.78 Å². The Hall–Kier alpha value is -2.56. The summed E-state index contributed by atoms with van der Waals surface area (Å²) in [6.07, 6.45) is -1.79. The van der Waals surface area contributed by atoms with Crippen LogP contribution in [0.5, 0.6) is 5.75 Å². The number of alkyl halides is 3. The first-order valence-electron chi connectivity index (χ1n) is 6.48. The zero-order chi connectivity index (χ0) is 16.2. The Morgan fingerprint density at radius 1 is 1.00 bits per heavy atom. The minimum absolute atomic E-state index is 0.171. The lowest BCUT2D eigenvalue weighted by Gasteiger charge is -2.08. The molecular formula is C17H13F3O2. The van der Waals surface area contributed by atoms with Crippen molar-refractivity contribution in [1.82, 2.24) is 0 Å². The highest BCUT2D eigenvalue weighted by molar-refractivity contribution is 6.06. The van der Waals surface area contributed by atoms with Crippen molar-refractivity contribution in [2.45, 2.75) is 13.3 Å². The average molecular weight is 306 g/mol. The highest BCUT2D eigenvalue weighted by Crippen LogP contribution is 2.23. The number of carbonyl (C=O) groups excluding carboxylic acids is 1. The topological polar surface area (TPSA) is 26.3 Å². The molecule has 0 bridgehead atoms. The molecule has 0 fully saturated rings. The summed E-state index contributed by atoms with van der Waals surface area (Å²) in [7, 11) is 0. The number of carbonyl (C=O) groups is 1. The highest BCUT2D eigenvalue weighted by atomic mass is 19.4. The minimum atomic E-state index is -4.71. The van der Waals surface area contributed by atoms with Gasteiger partial charge in [-0.3, -0.25) is 4.79 Å². The molecule has 2 aromatic rings. The maximum Gasteiger partial charge on any atom is 0.573 e. The van der Waals surface area contributed by atoms with Crippen LogP contribution in [0.2, 0.25) is 0 Å². The third kappa shape index (κ3) is 4.77. The Morgan fingerprint density at radius 3 is 2.14 bits per heavy atom. The van der Waals surface area contributed by atoms with Crippen molar-refractivity contribution in [3.8, 4) is 5.75 Å². The van der Waals surface area contributed by atoms with Gasteiger partial charge in [-0.2, -0.15) is 0 Å². The summed E-state index contributed by atoms with van der Waals surface area (Å²) in [6.45, 7) is 1.93. The van der Waals surface area contributed by atoms with Crippen molar-refractivity contribution in [3.05, 3.63) is 71.3 Å². The fourth-order valence-corrected chi connectivity index (χ4v) is 1.77. The van der Waals surface area contributed by atoms with Crippen molar-refractivity contribution in [1.29, 1.82) is 0 Å². The Labute approximate surface area is 125 Å². The molecule has 2 aromatic carbocycles. The molecule has 0 radical (unpaired) electrons. The van der Waals surface area contributed by atoms with Gasteiger partial charge in [0.25, 0.3) is 0 Å². The lowest BCUT2D eigenvalue weighted by atomic mass is 10.1. The van der Waals surface area contributed by atoms with Gasteiger partial charge in [-0.1, -0.05) is 48.0 Å². The zero-order valence-electron chi connectivity index (χ0n) is 11.7. The van der Waals surface area contributed by atoms with Crippen LogP contribution in [0.1, 0.15) is 21.5 Å². The second-order valence-electron chi connectivity index (χ2n) is 4.68. The predicted molar refractivity (Wildman–Crippen MR) is 77.7 cm³/mol. The van der Waals surface area contributed by atoms with Crippen molar-refractivity contribution >= 4 is 11.9 Å². The number of aryl methyl sites for hydroxylation is 1. The molecule has 2 nitrogen and oxygen atoms in total. The SMILES string of the molecule is Cc1ccc(C(=O)/C=C/c2ccc(OC(F)(F)F)cc2)cc1. The van der Waals surface area contributed by atoms with Crippen LogP contribution in [-0.4, -0.2) is 12.1 Å². The fourth-order valence-electron chi connectivity index (χ4n) is 1.77. The lowest BCUT2D eigenvalue weighted by molar-refractivity contribution is -0.274. The maximum atomic E-state index is 12.0. The van der Waals surface area contributed by atoms with Gasteiger partial charge in [0.1, 0.15) is 5.75 Å². The number of halogens is 3. The second-order valence-corrected chi connectivity index (χ2v) is 4.68. The molecule has 0 aliphatic heterocycles. The summed E-state index contributed by atoms with van der Waals surface area (Å²) in [4.78, 5) is 11.9. The molecule has 2 rings (SSSR count). The van der Waals surface area contributed by atoms with Crippen molar-refractivity contribution < 1.29 is 22.7 Å². The van der Waals surface area contributed by atoms with Crippen molar-refractivity contribution in [3.63, 3.8) is 0 Å². The Morgan fingerprint density at radius 2 is 1.59 bits per heavy atom. The number of ether oxygens (including phenoxy) is 1. The summed E-state index contributed by atoms with van der Waals surface area (Å²) in [5, 5.41) is 0. The van der Waals surface area contributed by atoms with Gasteiger partial charge in [0, 0.05) is 5.56 Å². The molecule has 0 amide bonds. The molecule has 0 aliphatic carbocycles. The van der Waals surface area contributed by atoms with Crippen LogP contribution in [0.4, 0.5) is 13.2 Å². The number of hydrogen-bond donors (Lipinski definition) is 0. The summed E-state index contributed by atoms with van der Waals surface area (Å²) in [5.41, 5.74) is 2.22.